The van der Waals surface area contributed by atoms with Crippen LogP contribution in [0.5, 0.6) is 11.5 Å². The molecular weight excluding hydrogens is 268 g/mol. The Labute approximate surface area is 114 Å². The SMILES string of the molecule is O=C(O)c1ccc(COc2ccc(Cl)cc2)c(O)c1. The maximum absolute atomic E-state index is 10.7. The molecule has 98 valence electrons. The number of ether oxygens (including phenoxy) is 1. The van der Waals surface area contributed by atoms with Crippen molar-refractivity contribution >= 4 is 17.6 Å². The van der Waals surface area contributed by atoms with Crippen LogP contribution in [0.25, 0.3) is 0 Å². The van der Waals surface area contributed by atoms with Gasteiger partial charge in [-0.2, -0.15) is 0 Å². The first-order valence-electron chi connectivity index (χ1n) is 5.50. The number of phenolic OH excluding ortho intramolecular Hbond substituents is 1. The molecule has 19 heavy (non-hydrogen) atoms. The minimum Gasteiger partial charge on any atom is -0.508 e. The second kappa shape index (κ2) is 5.63. The molecule has 0 spiro atoms. The summed E-state index contributed by atoms with van der Waals surface area (Å²) in [7, 11) is 0. The van der Waals surface area contributed by atoms with Gasteiger partial charge in [-0.25, -0.2) is 4.79 Å². The van der Waals surface area contributed by atoms with Gasteiger partial charge in [-0.1, -0.05) is 17.7 Å². The lowest BCUT2D eigenvalue weighted by atomic mass is 10.1. The number of hydrogen-bond acceptors (Lipinski definition) is 3. The lowest BCUT2D eigenvalue weighted by molar-refractivity contribution is 0.0696. The second-order valence-corrected chi connectivity index (χ2v) is 4.33. The van der Waals surface area contributed by atoms with Gasteiger partial charge in [0.25, 0.3) is 0 Å². The monoisotopic (exact) mass is 278 g/mol. The van der Waals surface area contributed by atoms with Crippen LogP contribution in [0.1, 0.15) is 15.9 Å². The topological polar surface area (TPSA) is 66.8 Å². The Morgan fingerprint density at radius 2 is 1.84 bits per heavy atom. The molecule has 0 bridgehead atoms. The molecule has 0 heterocycles. The van der Waals surface area contributed by atoms with Gasteiger partial charge in [-0.05, 0) is 36.4 Å². The standard InChI is InChI=1S/C14H11ClO4/c15-11-3-5-12(6-4-11)19-8-10-2-1-9(14(17)18)7-13(10)16/h1-7,16H,8H2,(H,17,18). The number of aromatic carboxylic acids is 1. The zero-order valence-electron chi connectivity index (χ0n) is 9.84. The van der Waals surface area contributed by atoms with Gasteiger partial charge in [0.1, 0.15) is 18.1 Å². The molecule has 0 aliphatic carbocycles. The second-order valence-electron chi connectivity index (χ2n) is 3.89. The van der Waals surface area contributed by atoms with E-state index >= 15 is 0 Å². The number of aromatic hydroxyl groups is 1. The molecule has 0 aliphatic rings. The predicted octanol–water partition coefficient (Wildman–Crippen LogP) is 3.32. The number of carboxylic acid groups (broad SMARTS) is 1. The molecule has 2 N–H and O–H groups in total. The summed E-state index contributed by atoms with van der Waals surface area (Å²) >= 11 is 5.75. The highest BCUT2D eigenvalue weighted by molar-refractivity contribution is 6.30. The van der Waals surface area contributed by atoms with Crippen molar-refractivity contribution in [3.05, 3.63) is 58.6 Å². The summed E-state index contributed by atoms with van der Waals surface area (Å²) in [6.07, 6.45) is 0. The Morgan fingerprint density at radius 3 is 2.42 bits per heavy atom. The van der Waals surface area contributed by atoms with E-state index < -0.39 is 5.97 Å². The van der Waals surface area contributed by atoms with E-state index in [0.717, 1.165) is 0 Å². The van der Waals surface area contributed by atoms with Crippen LogP contribution in [-0.2, 0) is 6.61 Å². The van der Waals surface area contributed by atoms with E-state index in [1.54, 1.807) is 24.3 Å². The van der Waals surface area contributed by atoms with Crippen LogP contribution in [0.15, 0.2) is 42.5 Å². The Balaban J connectivity index is 2.07. The minimum absolute atomic E-state index is 0.0349. The summed E-state index contributed by atoms with van der Waals surface area (Å²) in [6, 6.07) is 11.0. The first-order valence-corrected chi connectivity index (χ1v) is 5.87. The van der Waals surface area contributed by atoms with Crippen molar-refractivity contribution in [2.45, 2.75) is 6.61 Å². The van der Waals surface area contributed by atoms with Gasteiger partial charge < -0.3 is 14.9 Å². The van der Waals surface area contributed by atoms with Gasteiger partial charge in [0.05, 0.1) is 5.56 Å². The third-order valence-electron chi connectivity index (χ3n) is 2.54. The van der Waals surface area contributed by atoms with Crippen molar-refractivity contribution < 1.29 is 19.7 Å². The van der Waals surface area contributed by atoms with E-state index in [2.05, 4.69) is 0 Å². The summed E-state index contributed by atoms with van der Waals surface area (Å²) in [5.41, 5.74) is 0.549. The molecule has 0 radical (unpaired) electrons. The van der Waals surface area contributed by atoms with Gasteiger partial charge in [0.15, 0.2) is 0 Å². The molecule has 0 atom stereocenters. The normalized spacial score (nSPS) is 10.2. The average Bonchev–Trinajstić information content (AvgIpc) is 2.39. The zero-order chi connectivity index (χ0) is 13.8. The summed E-state index contributed by atoms with van der Waals surface area (Å²) in [6.45, 7) is 0.146. The molecule has 0 fully saturated rings. The van der Waals surface area contributed by atoms with Crippen LogP contribution in [-0.4, -0.2) is 16.2 Å². The largest absolute Gasteiger partial charge is 0.508 e. The van der Waals surface area contributed by atoms with Crippen molar-refractivity contribution in [2.24, 2.45) is 0 Å². The number of carbonyl (C=O) groups is 1. The van der Waals surface area contributed by atoms with Crippen molar-refractivity contribution in [1.29, 1.82) is 0 Å². The van der Waals surface area contributed by atoms with Crippen molar-refractivity contribution in [2.75, 3.05) is 0 Å². The van der Waals surface area contributed by atoms with Gasteiger partial charge >= 0.3 is 5.97 Å². The van der Waals surface area contributed by atoms with E-state index in [4.69, 9.17) is 21.4 Å². The van der Waals surface area contributed by atoms with Crippen LogP contribution in [0, 0.1) is 0 Å². The highest BCUT2D eigenvalue weighted by Gasteiger charge is 2.08. The number of halogens is 1. The number of hydrogen-bond donors (Lipinski definition) is 2. The van der Waals surface area contributed by atoms with E-state index in [1.165, 1.54) is 18.2 Å². The molecule has 0 saturated carbocycles. The molecule has 0 saturated heterocycles. The zero-order valence-corrected chi connectivity index (χ0v) is 10.6. The lowest BCUT2D eigenvalue weighted by Gasteiger charge is -2.08. The van der Waals surface area contributed by atoms with Crippen molar-refractivity contribution in [1.82, 2.24) is 0 Å². The molecule has 0 aromatic heterocycles. The Bertz CT molecular complexity index is 593. The highest BCUT2D eigenvalue weighted by Crippen LogP contribution is 2.22. The van der Waals surface area contributed by atoms with E-state index in [9.17, 15) is 9.90 Å². The molecular formula is C14H11ClO4. The number of phenols is 1. The minimum atomic E-state index is -1.08. The van der Waals surface area contributed by atoms with Crippen LogP contribution in [0.4, 0.5) is 0 Å². The van der Waals surface area contributed by atoms with Crippen LogP contribution in [0.3, 0.4) is 0 Å². The predicted molar refractivity (Wildman–Crippen MR) is 70.9 cm³/mol. The van der Waals surface area contributed by atoms with Gasteiger partial charge in [-0.15, -0.1) is 0 Å². The Morgan fingerprint density at radius 1 is 1.16 bits per heavy atom. The van der Waals surface area contributed by atoms with Gasteiger partial charge in [0.2, 0.25) is 0 Å². The average molecular weight is 279 g/mol. The van der Waals surface area contributed by atoms with E-state index in [-0.39, 0.29) is 17.9 Å². The number of carboxylic acids is 1. The molecule has 4 nitrogen and oxygen atoms in total. The quantitative estimate of drug-likeness (QED) is 0.900. The fourth-order valence-electron chi connectivity index (χ4n) is 1.51. The molecule has 5 heteroatoms. The molecule has 0 amide bonds. The number of benzene rings is 2. The first-order chi connectivity index (χ1) is 9.06. The van der Waals surface area contributed by atoms with E-state index in [1.807, 2.05) is 0 Å². The maximum atomic E-state index is 10.7. The summed E-state index contributed by atoms with van der Waals surface area (Å²) in [4.78, 5) is 10.7. The third kappa shape index (κ3) is 3.39. The summed E-state index contributed by atoms with van der Waals surface area (Å²) < 4.78 is 5.46. The van der Waals surface area contributed by atoms with Crippen molar-refractivity contribution in [3.63, 3.8) is 0 Å². The van der Waals surface area contributed by atoms with Gasteiger partial charge in [-0.3, -0.25) is 0 Å². The van der Waals surface area contributed by atoms with E-state index in [0.29, 0.717) is 16.3 Å². The first kappa shape index (κ1) is 13.2. The molecule has 0 aliphatic heterocycles. The third-order valence-corrected chi connectivity index (χ3v) is 2.79. The summed E-state index contributed by atoms with van der Waals surface area (Å²) in [5, 5.41) is 19.1. The van der Waals surface area contributed by atoms with Crippen LogP contribution < -0.4 is 4.74 Å². The molecule has 2 aromatic carbocycles. The molecule has 2 aromatic rings. The molecule has 2 rings (SSSR count). The smallest absolute Gasteiger partial charge is 0.335 e. The van der Waals surface area contributed by atoms with Crippen molar-refractivity contribution in [3.8, 4) is 11.5 Å². The summed E-state index contributed by atoms with van der Waals surface area (Å²) in [5.74, 6) is -0.569. The van der Waals surface area contributed by atoms with Crippen LogP contribution >= 0.6 is 11.6 Å². The fraction of sp³-hybridized carbons (Fsp3) is 0.0714. The number of rotatable bonds is 4. The fourth-order valence-corrected chi connectivity index (χ4v) is 1.64. The van der Waals surface area contributed by atoms with Crippen LogP contribution in [0.2, 0.25) is 5.02 Å². The van der Waals surface area contributed by atoms with Gasteiger partial charge in [0, 0.05) is 10.6 Å². The Kier molecular flexibility index (Phi) is 3.92. The molecule has 0 unspecified atom stereocenters. The highest BCUT2D eigenvalue weighted by atomic mass is 35.5. The maximum Gasteiger partial charge on any atom is 0.335 e. The Hall–Kier alpha value is -2.20. The lowest BCUT2D eigenvalue weighted by Crippen LogP contribution is -1.99.